The number of ether oxygens (including phenoxy) is 1. The van der Waals surface area contributed by atoms with Gasteiger partial charge in [0.2, 0.25) is 0 Å². The summed E-state index contributed by atoms with van der Waals surface area (Å²) < 4.78 is 14.7. The van der Waals surface area contributed by atoms with Gasteiger partial charge in [-0.1, -0.05) is 52.5 Å². The van der Waals surface area contributed by atoms with Crippen LogP contribution in [0.2, 0.25) is 13.3 Å². The number of rotatable bonds is 20. The molecule has 0 aromatic carbocycles. The summed E-state index contributed by atoms with van der Waals surface area (Å²) in [7, 11) is 0. The Hall–Kier alpha value is -0.781. The van der Waals surface area contributed by atoms with Crippen molar-refractivity contribution in [1.29, 1.82) is 0 Å². The van der Waals surface area contributed by atoms with Crippen LogP contribution in [-0.4, -0.2) is 37.3 Å². The standard InChI is InChI=1S/C14H26O2.C4H6O2.3C4H9.Sn/c1-12(2)10-8-6-5-7-9-11-16-14(15)13(3)4;1-3(2)4(5)6;3*1-3-4-2;/h12H,3,5-11H2,1-2,4H3;1H2,2H3,(H,5,6);3*1,3-4H2,2H3;/q;;;;;+1/p-1. The summed E-state index contributed by atoms with van der Waals surface area (Å²) in [5.74, 6) is 0.426. The number of unbranched alkanes of at least 4 members (excludes halogenated alkanes) is 7. The first-order valence-corrected chi connectivity index (χ1v) is 21.5. The minimum atomic E-state index is -2.74. The Kier molecular flexibility index (Phi) is 24.5. The van der Waals surface area contributed by atoms with Crippen LogP contribution < -0.4 is 0 Å². The van der Waals surface area contributed by atoms with Crippen LogP contribution in [0.25, 0.3) is 0 Å². The Bertz CT molecular complexity index is 561. The predicted octanol–water partition coefficient (Wildman–Crippen LogP) is 9.55. The SMILES string of the molecule is C=C(C)C(=O)OCCCCCCCC(C)C.C=C(C)C(=O)[O][Sn]([CH2]CCC)([CH2]CCC)[CH2]CCC. The van der Waals surface area contributed by atoms with E-state index in [0.29, 0.717) is 17.8 Å². The molecule has 0 heterocycles. The molecule has 0 aliphatic heterocycles. The first kappa shape index (κ1) is 36.4. The number of carbonyl (C=O) groups excluding carboxylic acids is 2. The van der Waals surface area contributed by atoms with E-state index in [4.69, 9.17) is 7.81 Å². The van der Waals surface area contributed by atoms with E-state index in [9.17, 15) is 9.59 Å². The molecule has 5 heteroatoms. The topological polar surface area (TPSA) is 52.6 Å². The predicted molar refractivity (Wildman–Crippen MR) is 154 cm³/mol. The monoisotopic (exact) mass is 602 g/mol. The van der Waals surface area contributed by atoms with Crippen LogP contribution in [0.5, 0.6) is 0 Å². The molecule has 0 radical (unpaired) electrons. The van der Waals surface area contributed by atoms with E-state index < -0.39 is 18.8 Å². The van der Waals surface area contributed by atoms with Crippen molar-refractivity contribution in [2.75, 3.05) is 6.61 Å². The van der Waals surface area contributed by atoms with Gasteiger partial charge in [-0.15, -0.1) is 0 Å². The van der Waals surface area contributed by atoms with Crippen molar-refractivity contribution in [3.63, 3.8) is 0 Å². The summed E-state index contributed by atoms with van der Waals surface area (Å²) in [5, 5.41) is 0. The fraction of sp³-hybridized carbons (Fsp3) is 0.800. The van der Waals surface area contributed by atoms with Crippen molar-refractivity contribution in [3.8, 4) is 0 Å². The van der Waals surface area contributed by atoms with Gasteiger partial charge in [-0.25, -0.2) is 4.79 Å². The van der Waals surface area contributed by atoms with Gasteiger partial charge in [-0.05, 0) is 19.3 Å². The molecular formula is C30H58O4Sn. The van der Waals surface area contributed by atoms with Crippen molar-refractivity contribution in [2.24, 2.45) is 5.92 Å². The second kappa shape index (κ2) is 23.6. The number of esters is 1. The molecule has 0 fully saturated rings. The number of hydrogen-bond donors (Lipinski definition) is 0. The van der Waals surface area contributed by atoms with Gasteiger partial charge in [-0.3, -0.25) is 0 Å². The minimum absolute atomic E-state index is 0.126. The zero-order chi connectivity index (χ0) is 27.1. The summed E-state index contributed by atoms with van der Waals surface area (Å²) in [4.78, 5) is 23.0. The quantitative estimate of drug-likeness (QED) is 0.0604. The Morgan fingerprint density at radius 3 is 1.51 bits per heavy atom. The molecule has 4 nitrogen and oxygen atoms in total. The molecule has 0 aliphatic carbocycles. The van der Waals surface area contributed by atoms with Gasteiger partial charge in [0.15, 0.2) is 0 Å². The summed E-state index contributed by atoms with van der Waals surface area (Å²) in [6.07, 6.45) is 14.6. The van der Waals surface area contributed by atoms with Crippen LogP contribution in [-0.2, 0) is 17.4 Å². The van der Waals surface area contributed by atoms with Crippen molar-refractivity contribution < 1.29 is 17.4 Å². The van der Waals surface area contributed by atoms with E-state index in [-0.39, 0.29) is 11.9 Å². The van der Waals surface area contributed by atoms with E-state index in [0.717, 1.165) is 18.8 Å². The number of hydrogen-bond acceptors (Lipinski definition) is 4. The van der Waals surface area contributed by atoms with Crippen LogP contribution >= 0.6 is 0 Å². The normalized spacial score (nSPS) is 11.0. The molecule has 0 unspecified atom stereocenters. The van der Waals surface area contributed by atoms with Crippen molar-refractivity contribution in [1.82, 2.24) is 0 Å². The fourth-order valence-electron chi connectivity index (χ4n) is 3.78. The summed E-state index contributed by atoms with van der Waals surface area (Å²) in [5.41, 5.74) is 1.04. The van der Waals surface area contributed by atoms with Crippen LogP contribution in [0, 0.1) is 5.92 Å². The second-order valence-electron chi connectivity index (χ2n) is 10.5. The van der Waals surface area contributed by atoms with Gasteiger partial charge < -0.3 is 4.74 Å². The molecule has 0 aliphatic rings. The fourth-order valence-corrected chi connectivity index (χ4v) is 17.0. The van der Waals surface area contributed by atoms with Gasteiger partial charge in [0.25, 0.3) is 0 Å². The third-order valence-corrected chi connectivity index (χ3v) is 18.7. The summed E-state index contributed by atoms with van der Waals surface area (Å²) in [6, 6.07) is 0. The third-order valence-electron chi connectivity index (χ3n) is 6.12. The Labute approximate surface area is 223 Å². The first-order chi connectivity index (χ1) is 16.5. The Morgan fingerprint density at radius 1 is 0.686 bits per heavy atom. The van der Waals surface area contributed by atoms with E-state index >= 15 is 0 Å². The molecular weight excluding hydrogens is 543 g/mol. The summed E-state index contributed by atoms with van der Waals surface area (Å²) >= 11 is -2.74. The molecule has 0 aromatic heterocycles. The number of carbonyl (C=O) groups is 2. The molecule has 0 saturated carbocycles. The van der Waals surface area contributed by atoms with Crippen molar-refractivity contribution >= 4 is 30.7 Å². The molecule has 0 spiro atoms. The maximum absolute atomic E-state index is 12.0. The van der Waals surface area contributed by atoms with Crippen LogP contribution in [0.4, 0.5) is 0 Å². The van der Waals surface area contributed by atoms with Crippen LogP contribution in [0.15, 0.2) is 24.3 Å². The summed E-state index contributed by atoms with van der Waals surface area (Å²) in [6.45, 7) is 22.4. The van der Waals surface area contributed by atoms with Crippen molar-refractivity contribution in [3.05, 3.63) is 24.3 Å². The van der Waals surface area contributed by atoms with Crippen LogP contribution in [0.1, 0.15) is 126 Å². The second-order valence-corrected chi connectivity index (χ2v) is 22.1. The molecule has 0 atom stereocenters. The zero-order valence-corrected chi connectivity index (χ0v) is 27.3. The van der Waals surface area contributed by atoms with Gasteiger partial charge in [0, 0.05) is 5.57 Å². The van der Waals surface area contributed by atoms with E-state index in [2.05, 4.69) is 47.8 Å². The molecule has 0 bridgehead atoms. The van der Waals surface area contributed by atoms with E-state index in [1.165, 1.54) is 77.5 Å². The van der Waals surface area contributed by atoms with E-state index in [1.807, 2.05) is 0 Å². The average molecular weight is 602 g/mol. The van der Waals surface area contributed by atoms with Gasteiger partial charge >= 0.3 is 130 Å². The molecule has 0 N–H and O–H groups in total. The van der Waals surface area contributed by atoms with Gasteiger partial charge in [0.05, 0.1) is 6.61 Å². The van der Waals surface area contributed by atoms with Gasteiger partial charge in [-0.2, -0.15) is 0 Å². The maximum atomic E-state index is 12.0. The average Bonchev–Trinajstić information content (AvgIpc) is 2.81. The zero-order valence-electron chi connectivity index (χ0n) is 24.4. The Balaban J connectivity index is 0. The van der Waals surface area contributed by atoms with E-state index in [1.54, 1.807) is 13.8 Å². The molecule has 0 saturated heterocycles. The molecule has 206 valence electrons. The van der Waals surface area contributed by atoms with Gasteiger partial charge in [0.1, 0.15) is 0 Å². The Morgan fingerprint density at radius 2 is 1.11 bits per heavy atom. The third kappa shape index (κ3) is 22.2. The van der Waals surface area contributed by atoms with Crippen molar-refractivity contribution in [2.45, 2.75) is 139 Å². The van der Waals surface area contributed by atoms with Crippen LogP contribution in [0.3, 0.4) is 0 Å². The molecule has 0 amide bonds. The first-order valence-electron chi connectivity index (χ1n) is 14.3. The molecule has 0 aromatic rings. The molecule has 0 rings (SSSR count). The molecule has 35 heavy (non-hydrogen) atoms.